The second-order valence-electron chi connectivity index (χ2n) is 4.41. The molecule has 0 aromatic heterocycles. The van der Waals surface area contributed by atoms with Crippen LogP contribution in [0, 0.1) is 0 Å². The van der Waals surface area contributed by atoms with E-state index in [9.17, 15) is 0 Å². The van der Waals surface area contributed by atoms with Crippen molar-refractivity contribution in [1.82, 2.24) is 0 Å². The van der Waals surface area contributed by atoms with E-state index in [0.717, 1.165) is 49.2 Å². The molecule has 0 fully saturated rings. The minimum atomic E-state index is -0.900. The molecule has 0 aromatic rings. The summed E-state index contributed by atoms with van der Waals surface area (Å²) in [7, 11) is -0.900. The first kappa shape index (κ1) is 18.6. The summed E-state index contributed by atoms with van der Waals surface area (Å²) in [6.45, 7) is 0. The van der Waals surface area contributed by atoms with Crippen molar-refractivity contribution in [2.75, 3.05) is 48.2 Å². The number of hydrogen-bond acceptors (Lipinski definition) is 0. The fraction of sp³-hybridized carbons (Fsp3) is 1.00. The molecular formula is C12H24Cl4P+. The fourth-order valence-electron chi connectivity index (χ4n) is 2.25. The minimum Gasteiger partial charge on any atom is -0.127 e. The zero-order valence-corrected chi connectivity index (χ0v) is 14.4. The van der Waals surface area contributed by atoms with Gasteiger partial charge in [0.25, 0.3) is 0 Å². The van der Waals surface area contributed by atoms with Gasteiger partial charge in [-0.3, -0.25) is 0 Å². The SMILES string of the molecule is ClCCC[P+](CCCCl)(CCCCl)CCCCl. The highest BCUT2D eigenvalue weighted by Crippen LogP contribution is 2.60. The molecule has 0 N–H and O–H groups in total. The van der Waals surface area contributed by atoms with E-state index in [4.69, 9.17) is 46.4 Å². The lowest BCUT2D eigenvalue weighted by Crippen LogP contribution is -2.14. The van der Waals surface area contributed by atoms with Crippen LogP contribution in [0.3, 0.4) is 0 Å². The average molecular weight is 341 g/mol. The smallest absolute Gasteiger partial charge is 0.0605 e. The van der Waals surface area contributed by atoms with Gasteiger partial charge in [-0.25, -0.2) is 0 Å². The van der Waals surface area contributed by atoms with E-state index in [1.165, 1.54) is 24.6 Å². The summed E-state index contributed by atoms with van der Waals surface area (Å²) in [6, 6.07) is 0. The minimum absolute atomic E-state index is 0.768. The summed E-state index contributed by atoms with van der Waals surface area (Å²) in [5.74, 6) is 3.07. The number of halogens is 4. The Labute approximate surface area is 127 Å². The zero-order chi connectivity index (χ0) is 13.0. The van der Waals surface area contributed by atoms with Gasteiger partial charge in [0, 0.05) is 30.8 Å². The van der Waals surface area contributed by atoms with Crippen molar-refractivity contribution in [3.05, 3.63) is 0 Å². The van der Waals surface area contributed by atoms with Gasteiger partial charge in [-0.05, 0) is 25.7 Å². The van der Waals surface area contributed by atoms with Crippen molar-refractivity contribution in [2.45, 2.75) is 25.7 Å². The van der Waals surface area contributed by atoms with Gasteiger partial charge in [0.1, 0.15) is 0 Å². The van der Waals surface area contributed by atoms with Gasteiger partial charge in [-0.1, -0.05) is 0 Å². The van der Waals surface area contributed by atoms with Gasteiger partial charge in [-0.15, -0.1) is 46.4 Å². The van der Waals surface area contributed by atoms with Gasteiger partial charge in [0.05, 0.1) is 24.6 Å². The summed E-state index contributed by atoms with van der Waals surface area (Å²) < 4.78 is 0. The first-order valence-corrected chi connectivity index (χ1v) is 11.0. The Bertz CT molecular complexity index is 129. The van der Waals surface area contributed by atoms with Gasteiger partial charge < -0.3 is 0 Å². The Morgan fingerprint density at radius 2 is 0.706 bits per heavy atom. The molecule has 0 aliphatic rings. The third-order valence-corrected chi connectivity index (χ3v) is 9.19. The Kier molecular flexibility index (Phi) is 13.8. The van der Waals surface area contributed by atoms with Crippen molar-refractivity contribution in [3.63, 3.8) is 0 Å². The largest absolute Gasteiger partial charge is 0.127 e. The highest BCUT2D eigenvalue weighted by molar-refractivity contribution is 7.75. The molecule has 0 bridgehead atoms. The van der Waals surface area contributed by atoms with Crippen molar-refractivity contribution in [1.29, 1.82) is 0 Å². The van der Waals surface area contributed by atoms with Crippen molar-refractivity contribution in [3.8, 4) is 0 Å². The highest BCUT2D eigenvalue weighted by atomic mass is 35.5. The van der Waals surface area contributed by atoms with E-state index in [1.807, 2.05) is 0 Å². The molecule has 5 heteroatoms. The van der Waals surface area contributed by atoms with Crippen molar-refractivity contribution >= 4 is 53.7 Å². The lowest BCUT2D eigenvalue weighted by atomic mass is 10.5. The molecule has 0 spiro atoms. The molecule has 0 saturated carbocycles. The first-order chi connectivity index (χ1) is 8.24. The number of alkyl halides is 4. The summed E-state index contributed by atoms with van der Waals surface area (Å²) in [6.07, 6.45) is 9.68. The number of hydrogen-bond donors (Lipinski definition) is 0. The molecule has 0 radical (unpaired) electrons. The van der Waals surface area contributed by atoms with Gasteiger partial charge in [-0.2, -0.15) is 0 Å². The lowest BCUT2D eigenvalue weighted by molar-refractivity contribution is 0.971. The third kappa shape index (κ3) is 9.17. The summed E-state index contributed by atoms with van der Waals surface area (Å²) in [4.78, 5) is 0. The maximum Gasteiger partial charge on any atom is 0.0605 e. The molecule has 0 heterocycles. The fourth-order valence-corrected chi connectivity index (χ4v) is 8.19. The van der Waals surface area contributed by atoms with E-state index in [-0.39, 0.29) is 0 Å². The van der Waals surface area contributed by atoms with Crippen molar-refractivity contribution in [2.24, 2.45) is 0 Å². The Hall–Kier alpha value is 1.59. The molecule has 0 unspecified atom stereocenters. The second kappa shape index (κ2) is 12.6. The summed E-state index contributed by atoms with van der Waals surface area (Å²) in [5, 5.41) is 0. The normalized spacial score (nSPS) is 12.0. The first-order valence-electron chi connectivity index (χ1n) is 6.33. The number of rotatable bonds is 12. The highest BCUT2D eigenvalue weighted by Gasteiger charge is 2.34. The molecule has 104 valence electrons. The molecule has 0 atom stereocenters. The molecule has 17 heavy (non-hydrogen) atoms. The molecule has 0 aliphatic heterocycles. The average Bonchev–Trinajstić information content (AvgIpc) is 2.37. The Morgan fingerprint density at radius 3 is 0.882 bits per heavy atom. The van der Waals surface area contributed by atoms with Crippen LogP contribution in [-0.4, -0.2) is 48.2 Å². The maximum absolute atomic E-state index is 5.85. The van der Waals surface area contributed by atoms with Crippen molar-refractivity contribution < 1.29 is 0 Å². The Morgan fingerprint density at radius 1 is 0.471 bits per heavy atom. The van der Waals surface area contributed by atoms with Gasteiger partial charge in [0.15, 0.2) is 0 Å². The van der Waals surface area contributed by atoms with E-state index in [1.54, 1.807) is 0 Å². The predicted octanol–water partition coefficient (Wildman–Crippen LogP) is 5.52. The van der Waals surface area contributed by atoms with E-state index in [2.05, 4.69) is 0 Å². The predicted molar refractivity (Wildman–Crippen MR) is 87.7 cm³/mol. The maximum atomic E-state index is 5.85. The van der Waals surface area contributed by atoms with Crippen LogP contribution in [0.15, 0.2) is 0 Å². The molecule has 0 rings (SSSR count). The van der Waals surface area contributed by atoms with Crippen LogP contribution >= 0.6 is 53.7 Å². The molecule has 0 nitrogen and oxygen atoms in total. The second-order valence-corrected chi connectivity index (χ2v) is 10.4. The van der Waals surface area contributed by atoms with Crippen LogP contribution in [-0.2, 0) is 0 Å². The van der Waals surface area contributed by atoms with Crippen LogP contribution in [0.4, 0.5) is 0 Å². The van der Waals surface area contributed by atoms with Crippen LogP contribution < -0.4 is 0 Å². The Balaban J connectivity index is 4.39. The van der Waals surface area contributed by atoms with E-state index >= 15 is 0 Å². The topological polar surface area (TPSA) is 0 Å². The van der Waals surface area contributed by atoms with E-state index in [0.29, 0.717) is 0 Å². The third-order valence-electron chi connectivity index (χ3n) is 3.06. The lowest BCUT2D eigenvalue weighted by Gasteiger charge is -2.27. The van der Waals surface area contributed by atoms with Crippen LogP contribution in [0.2, 0.25) is 0 Å². The van der Waals surface area contributed by atoms with Gasteiger partial charge in [0.2, 0.25) is 0 Å². The van der Waals surface area contributed by atoms with E-state index < -0.39 is 7.26 Å². The molecular weight excluding hydrogens is 317 g/mol. The van der Waals surface area contributed by atoms with Crippen LogP contribution in [0.25, 0.3) is 0 Å². The zero-order valence-electron chi connectivity index (χ0n) is 10.4. The summed E-state index contributed by atoms with van der Waals surface area (Å²) in [5.41, 5.74) is 0. The summed E-state index contributed by atoms with van der Waals surface area (Å²) >= 11 is 23.4. The molecule has 0 aromatic carbocycles. The quantitative estimate of drug-likeness (QED) is 0.324. The molecule has 0 aliphatic carbocycles. The van der Waals surface area contributed by atoms with Gasteiger partial charge >= 0.3 is 0 Å². The standard InChI is InChI=1S/C12H24Cl4P/c13-5-1-9-17(10-2-6-14,11-3-7-15)12-4-8-16/h1-12H2/q+1. The molecule has 0 saturated heterocycles. The van der Waals surface area contributed by atoms with Crippen LogP contribution in [0.1, 0.15) is 25.7 Å². The van der Waals surface area contributed by atoms with Crippen LogP contribution in [0.5, 0.6) is 0 Å². The molecule has 0 amide bonds. The monoisotopic (exact) mass is 339 g/mol.